The summed E-state index contributed by atoms with van der Waals surface area (Å²) in [6.07, 6.45) is 3.55. The lowest BCUT2D eigenvalue weighted by Gasteiger charge is -2.12. The molecular weight excluding hydrogens is 336 g/mol. The molecule has 0 bridgehead atoms. The fourth-order valence-corrected chi connectivity index (χ4v) is 3.13. The summed E-state index contributed by atoms with van der Waals surface area (Å²) in [5.41, 5.74) is 0.855. The second-order valence-corrected chi connectivity index (χ2v) is 8.25. The van der Waals surface area contributed by atoms with Crippen LogP contribution in [0.15, 0.2) is 34.2 Å². The molecular formula is C18H32N4O2S. The van der Waals surface area contributed by atoms with E-state index in [2.05, 4.69) is 34.2 Å². The van der Waals surface area contributed by atoms with E-state index < -0.39 is 10.0 Å². The molecule has 0 fully saturated rings. The first-order chi connectivity index (χ1) is 11.9. The van der Waals surface area contributed by atoms with Crippen LogP contribution in [0, 0.1) is 5.92 Å². The molecule has 0 saturated heterocycles. The van der Waals surface area contributed by atoms with Gasteiger partial charge in [0.25, 0.3) is 0 Å². The van der Waals surface area contributed by atoms with Crippen LogP contribution in [0.5, 0.6) is 0 Å². The zero-order valence-electron chi connectivity index (χ0n) is 15.8. The van der Waals surface area contributed by atoms with Gasteiger partial charge in [-0.1, -0.05) is 38.8 Å². The molecule has 0 saturated carbocycles. The maximum Gasteiger partial charge on any atom is 0.240 e. The van der Waals surface area contributed by atoms with Gasteiger partial charge in [0.1, 0.15) is 0 Å². The van der Waals surface area contributed by atoms with E-state index in [0.717, 1.165) is 37.0 Å². The lowest BCUT2D eigenvalue weighted by molar-refractivity contribution is 0.534. The van der Waals surface area contributed by atoms with Crippen LogP contribution < -0.4 is 15.4 Å². The Morgan fingerprint density at radius 1 is 1.20 bits per heavy atom. The minimum absolute atomic E-state index is 0.259. The van der Waals surface area contributed by atoms with Gasteiger partial charge in [-0.25, -0.2) is 18.1 Å². The minimum atomic E-state index is -3.43. The number of nitrogens with one attached hydrogen (secondary N) is 3. The topological polar surface area (TPSA) is 82.6 Å². The van der Waals surface area contributed by atoms with Crippen molar-refractivity contribution in [1.29, 1.82) is 0 Å². The lowest BCUT2D eigenvalue weighted by Crippen LogP contribution is -2.37. The standard InChI is InChI=1S/C18H32N4O2S/c1-5-20-18(21-12-7-6-9-15(2)3)22-14-16-10-8-11-17(13-16)25(23,24)19-4/h8,10-11,13,15,19H,5-7,9,12,14H2,1-4H3,(H2,20,21,22). The van der Waals surface area contributed by atoms with E-state index in [1.165, 1.54) is 19.9 Å². The number of guanidine groups is 1. The van der Waals surface area contributed by atoms with Gasteiger partial charge in [0, 0.05) is 13.1 Å². The Morgan fingerprint density at radius 2 is 1.96 bits per heavy atom. The van der Waals surface area contributed by atoms with Crippen molar-refractivity contribution >= 4 is 16.0 Å². The first-order valence-electron chi connectivity index (χ1n) is 8.93. The summed E-state index contributed by atoms with van der Waals surface area (Å²) in [7, 11) is -2.02. The highest BCUT2D eigenvalue weighted by molar-refractivity contribution is 7.89. The van der Waals surface area contributed by atoms with Crippen molar-refractivity contribution in [2.75, 3.05) is 20.1 Å². The Hall–Kier alpha value is -1.60. The van der Waals surface area contributed by atoms with Crippen LogP contribution in [0.4, 0.5) is 0 Å². The second-order valence-electron chi connectivity index (χ2n) is 6.37. The van der Waals surface area contributed by atoms with Gasteiger partial charge >= 0.3 is 0 Å². The number of hydrogen-bond donors (Lipinski definition) is 3. The molecule has 0 spiro atoms. The van der Waals surface area contributed by atoms with Crippen LogP contribution in [-0.2, 0) is 16.6 Å². The van der Waals surface area contributed by atoms with Crippen LogP contribution in [0.1, 0.15) is 45.6 Å². The zero-order chi connectivity index (χ0) is 18.7. The van der Waals surface area contributed by atoms with Crippen molar-refractivity contribution in [1.82, 2.24) is 15.4 Å². The number of rotatable bonds is 10. The average molecular weight is 369 g/mol. The van der Waals surface area contributed by atoms with Crippen molar-refractivity contribution in [3.05, 3.63) is 29.8 Å². The fourth-order valence-electron chi connectivity index (χ4n) is 2.33. The third kappa shape index (κ3) is 8.36. The van der Waals surface area contributed by atoms with Crippen molar-refractivity contribution < 1.29 is 8.42 Å². The van der Waals surface area contributed by atoms with E-state index in [9.17, 15) is 8.42 Å². The quantitative estimate of drug-likeness (QED) is 0.337. The van der Waals surface area contributed by atoms with Crippen LogP contribution >= 0.6 is 0 Å². The van der Waals surface area contributed by atoms with E-state index >= 15 is 0 Å². The van der Waals surface area contributed by atoms with Crippen LogP contribution in [0.3, 0.4) is 0 Å². The van der Waals surface area contributed by atoms with Crippen LogP contribution in [0.2, 0.25) is 0 Å². The van der Waals surface area contributed by atoms with Gasteiger partial charge in [-0.2, -0.15) is 0 Å². The highest BCUT2D eigenvalue weighted by Crippen LogP contribution is 2.12. The summed E-state index contributed by atoms with van der Waals surface area (Å²) in [6, 6.07) is 6.85. The molecule has 1 aromatic rings. The molecule has 6 nitrogen and oxygen atoms in total. The number of sulfonamides is 1. The Bertz CT molecular complexity index is 642. The minimum Gasteiger partial charge on any atom is -0.357 e. The maximum atomic E-state index is 11.9. The number of hydrogen-bond acceptors (Lipinski definition) is 3. The summed E-state index contributed by atoms with van der Waals surface area (Å²) in [5, 5.41) is 6.55. The number of nitrogens with zero attached hydrogens (tertiary/aromatic N) is 1. The van der Waals surface area contributed by atoms with Gasteiger partial charge in [-0.3, -0.25) is 0 Å². The van der Waals surface area contributed by atoms with E-state index in [0.29, 0.717) is 6.54 Å². The molecule has 0 amide bonds. The fraction of sp³-hybridized carbons (Fsp3) is 0.611. The Kier molecular flexibility index (Phi) is 9.52. The van der Waals surface area contributed by atoms with E-state index in [-0.39, 0.29) is 4.90 Å². The Labute approximate surface area is 152 Å². The number of benzene rings is 1. The molecule has 0 unspecified atom stereocenters. The van der Waals surface area contributed by atoms with Gasteiger partial charge < -0.3 is 10.6 Å². The maximum absolute atomic E-state index is 11.9. The summed E-state index contributed by atoms with van der Waals surface area (Å²) < 4.78 is 26.1. The molecule has 0 atom stereocenters. The molecule has 3 N–H and O–H groups in total. The van der Waals surface area contributed by atoms with Gasteiger partial charge in [0.2, 0.25) is 10.0 Å². The molecule has 142 valence electrons. The first-order valence-corrected chi connectivity index (χ1v) is 10.4. The lowest BCUT2D eigenvalue weighted by atomic mass is 10.1. The van der Waals surface area contributed by atoms with Gasteiger partial charge in [-0.05, 0) is 44.0 Å². The van der Waals surface area contributed by atoms with E-state index in [1.54, 1.807) is 18.2 Å². The molecule has 0 aliphatic carbocycles. The molecule has 1 rings (SSSR count). The molecule has 0 heterocycles. The average Bonchev–Trinajstić information content (AvgIpc) is 2.59. The van der Waals surface area contributed by atoms with Crippen molar-refractivity contribution in [3.8, 4) is 0 Å². The van der Waals surface area contributed by atoms with Crippen molar-refractivity contribution in [2.24, 2.45) is 10.9 Å². The first kappa shape index (κ1) is 21.4. The van der Waals surface area contributed by atoms with Gasteiger partial charge in [-0.15, -0.1) is 0 Å². The molecule has 0 aliphatic rings. The Balaban J connectivity index is 2.63. The SMILES string of the molecule is CCNC(=NCc1cccc(S(=O)(=O)NC)c1)NCCCCC(C)C. The largest absolute Gasteiger partial charge is 0.357 e. The highest BCUT2D eigenvalue weighted by Gasteiger charge is 2.11. The van der Waals surface area contributed by atoms with Crippen molar-refractivity contribution in [3.63, 3.8) is 0 Å². The van der Waals surface area contributed by atoms with Crippen molar-refractivity contribution in [2.45, 2.75) is 51.5 Å². The molecule has 0 radical (unpaired) electrons. The zero-order valence-corrected chi connectivity index (χ0v) is 16.6. The van der Waals surface area contributed by atoms with Crippen LogP contribution in [0.25, 0.3) is 0 Å². The predicted molar refractivity (Wildman–Crippen MR) is 104 cm³/mol. The molecule has 1 aromatic carbocycles. The highest BCUT2D eigenvalue weighted by atomic mass is 32.2. The number of aliphatic imine (C=N–C) groups is 1. The van der Waals surface area contributed by atoms with E-state index in [4.69, 9.17) is 0 Å². The summed E-state index contributed by atoms with van der Waals surface area (Å²) >= 11 is 0. The normalized spacial score (nSPS) is 12.4. The van der Waals surface area contributed by atoms with Gasteiger partial charge in [0.15, 0.2) is 5.96 Å². The van der Waals surface area contributed by atoms with Crippen LogP contribution in [-0.4, -0.2) is 34.5 Å². The monoisotopic (exact) mass is 368 g/mol. The summed E-state index contributed by atoms with van der Waals surface area (Å²) in [6.45, 7) is 8.59. The summed E-state index contributed by atoms with van der Waals surface area (Å²) in [4.78, 5) is 4.80. The third-order valence-corrected chi connectivity index (χ3v) is 5.15. The molecule has 0 aliphatic heterocycles. The smallest absolute Gasteiger partial charge is 0.240 e. The molecule has 0 aromatic heterocycles. The molecule has 25 heavy (non-hydrogen) atoms. The van der Waals surface area contributed by atoms with Gasteiger partial charge in [0.05, 0.1) is 11.4 Å². The second kappa shape index (κ2) is 11.1. The molecule has 7 heteroatoms. The third-order valence-electron chi connectivity index (χ3n) is 3.74. The Morgan fingerprint density at radius 3 is 2.60 bits per heavy atom. The number of unbranched alkanes of at least 4 members (excludes halogenated alkanes) is 1. The summed E-state index contributed by atoms with van der Waals surface area (Å²) in [5.74, 6) is 1.50. The van der Waals surface area contributed by atoms with E-state index in [1.807, 2.05) is 13.0 Å². The predicted octanol–water partition coefficient (Wildman–Crippen LogP) is 2.48.